The summed E-state index contributed by atoms with van der Waals surface area (Å²) in [5.74, 6) is 0.646. The van der Waals surface area contributed by atoms with Gasteiger partial charge in [-0.1, -0.05) is 38.9 Å². The molecule has 38 heavy (non-hydrogen) atoms. The summed E-state index contributed by atoms with van der Waals surface area (Å²) < 4.78 is 9.69. The van der Waals surface area contributed by atoms with Gasteiger partial charge in [0.1, 0.15) is 6.73 Å². The molecular weight excluding hydrogens is 514 g/mol. The van der Waals surface area contributed by atoms with Gasteiger partial charge in [0.2, 0.25) is 0 Å². The summed E-state index contributed by atoms with van der Waals surface area (Å²) in [4.78, 5) is 22.1. The Balaban J connectivity index is 1.28. The lowest BCUT2D eigenvalue weighted by Gasteiger charge is -2.22. The largest absolute Gasteiger partial charge is 0.360 e. The van der Waals surface area contributed by atoms with Crippen LogP contribution in [0.1, 0.15) is 48.2 Å². The van der Waals surface area contributed by atoms with Crippen molar-refractivity contribution in [3.8, 4) is 11.3 Å². The Labute approximate surface area is 228 Å². The highest BCUT2D eigenvalue weighted by Gasteiger charge is 2.19. The second-order valence-electron chi connectivity index (χ2n) is 11.3. The molecule has 0 unspecified atom stereocenters. The summed E-state index contributed by atoms with van der Waals surface area (Å²) in [5.41, 5.74) is 4.14. The Hall–Kier alpha value is -3.02. The highest BCUT2D eigenvalue weighted by Crippen LogP contribution is 2.29. The lowest BCUT2D eigenvalue weighted by Crippen LogP contribution is -2.35. The molecule has 1 aliphatic rings. The maximum Gasteiger partial charge on any atom is 0.252 e. The number of ether oxygens (including phenoxy) is 1. The van der Waals surface area contributed by atoms with Crippen LogP contribution in [-0.4, -0.2) is 50.8 Å². The van der Waals surface area contributed by atoms with Crippen molar-refractivity contribution in [2.24, 2.45) is 0 Å². The minimum Gasteiger partial charge on any atom is -0.360 e. The van der Waals surface area contributed by atoms with Crippen LogP contribution in [0.2, 0.25) is 25.7 Å². The third-order valence-corrected chi connectivity index (χ3v) is 9.36. The first-order valence-corrected chi connectivity index (χ1v) is 18.0. The molecule has 1 amide bonds. The van der Waals surface area contributed by atoms with Crippen LogP contribution in [-0.2, 0) is 11.5 Å². The van der Waals surface area contributed by atoms with Crippen LogP contribution in [0.15, 0.2) is 36.2 Å². The summed E-state index contributed by atoms with van der Waals surface area (Å²) in [6, 6.07) is 3.31. The van der Waals surface area contributed by atoms with E-state index in [2.05, 4.69) is 40.4 Å². The van der Waals surface area contributed by atoms with E-state index in [4.69, 9.17) is 9.72 Å². The molecule has 1 aliphatic carbocycles. The zero-order valence-corrected chi connectivity index (χ0v) is 24.5. The summed E-state index contributed by atoms with van der Waals surface area (Å²) in [7, 11) is -1.11. The van der Waals surface area contributed by atoms with E-state index in [1.165, 1.54) is 30.6 Å². The molecule has 202 valence electrons. The van der Waals surface area contributed by atoms with Crippen molar-refractivity contribution < 1.29 is 9.53 Å². The van der Waals surface area contributed by atoms with Gasteiger partial charge in [0.05, 0.1) is 34.3 Å². The fourth-order valence-electron chi connectivity index (χ4n) is 4.66. The van der Waals surface area contributed by atoms with Gasteiger partial charge in [0.15, 0.2) is 11.5 Å². The molecule has 11 heteroatoms. The van der Waals surface area contributed by atoms with Crippen molar-refractivity contribution in [3.63, 3.8) is 0 Å². The van der Waals surface area contributed by atoms with Gasteiger partial charge in [0, 0.05) is 44.1 Å². The van der Waals surface area contributed by atoms with Crippen molar-refractivity contribution >= 4 is 41.8 Å². The zero-order valence-electron chi connectivity index (χ0n) is 22.7. The van der Waals surface area contributed by atoms with Gasteiger partial charge in [-0.05, 0) is 31.9 Å². The first kappa shape index (κ1) is 26.6. The molecule has 0 bridgehead atoms. The highest BCUT2D eigenvalue weighted by molar-refractivity contribution is 7.14. The zero-order chi connectivity index (χ0) is 26.7. The predicted octanol–water partition coefficient (Wildman–Crippen LogP) is 6.08. The second-order valence-corrected chi connectivity index (χ2v) is 17.9. The van der Waals surface area contributed by atoms with Crippen molar-refractivity contribution in [2.75, 3.05) is 11.9 Å². The molecule has 4 heterocycles. The molecular formula is C27H37N7O2SSi. The number of carbonyl (C=O) groups excluding carboxylic acids is 1. The van der Waals surface area contributed by atoms with E-state index in [-0.39, 0.29) is 11.9 Å². The van der Waals surface area contributed by atoms with E-state index in [1.807, 2.05) is 52.2 Å². The first-order valence-electron chi connectivity index (χ1n) is 13.4. The van der Waals surface area contributed by atoms with Gasteiger partial charge in [-0.3, -0.25) is 9.20 Å². The molecule has 1 saturated carbocycles. The number of thiophene rings is 1. The molecule has 0 atom stereocenters. The Morgan fingerprint density at radius 3 is 2.79 bits per heavy atom. The van der Waals surface area contributed by atoms with E-state index >= 15 is 0 Å². The fourth-order valence-corrected chi connectivity index (χ4v) is 6.20. The Kier molecular flexibility index (Phi) is 7.96. The van der Waals surface area contributed by atoms with E-state index in [0.29, 0.717) is 23.8 Å². The molecule has 0 aliphatic heterocycles. The molecule has 4 aromatic heterocycles. The number of fused-ring (bicyclic) bond motifs is 1. The van der Waals surface area contributed by atoms with Crippen molar-refractivity contribution in [3.05, 3.63) is 47.5 Å². The van der Waals surface area contributed by atoms with Gasteiger partial charge in [-0.15, -0.1) is 11.3 Å². The maximum atomic E-state index is 12.8. The Morgan fingerprint density at radius 1 is 1.18 bits per heavy atom. The number of aryl methyl sites for hydroxylation is 1. The van der Waals surface area contributed by atoms with Crippen molar-refractivity contribution in [1.29, 1.82) is 0 Å². The first-order chi connectivity index (χ1) is 18.2. The van der Waals surface area contributed by atoms with E-state index in [9.17, 15) is 4.79 Å². The maximum absolute atomic E-state index is 12.8. The van der Waals surface area contributed by atoms with Crippen LogP contribution in [0.5, 0.6) is 0 Å². The number of carbonyl (C=O) groups is 1. The number of nitrogens with zero attached hydrogens (tertiary/aromatic N) is 5. The van der Waals surface area contributed by atoms with Gasteiger partial charge in [-0.2, -0.15) is 5.10 Å². The fraction of sp³-hybridized carbons (Fsp3) is 0.481. The smallest absolute Gasteiger partial charge is 0.252 e. The molecule has 0 spiro atoms. The van der Waals surface area contributed by atoms with Crippen LogP contribution in [0.4, 0.5) is 10.8 Å². The molecule has 0 aromatic carbocycles. The number of hydrogen-bond donors (Lipinski definition) is 2. The molecule has 0 radical (unpaired) electrons. The lowest BCUT2D eigenvalue weighted by atomic mass is 9.95. The number of amides is 1. The van der Waals surface area contributed by atoms with Crippen molar-refractivity contribution in [2.45, 2.75) is 77.5 Å². The Morgan fingerprint density at radius 2 is 2.00 bits per heavy atom. The lowest BCUT2D eigenvalue weighted by molar-refractivity contribution is 0.0786. The molecule has 9 nitrogen and oxygen atoms in total. The molecule has 4 aromatic rings. The van der Waals surface area contributed by atoms with Crippen LogP contribution >= 0.6 is 11.3 Å². The summed E-state index contributed by atoms with van der Waals surface area (Å²) in [5, 5.41) is 13.8. The highest BCUT2D eigenvalue weighted by atomic mass is 32.1. The third kappa shape index (κ3) is 6.51. The monoisotopic (exact) mass is 551 g/mol. The van der Waals surface area contributed by atoms with Gasteiger partial charge in [-0.25, -0.2) is 14.6 Å². The van der Waals surface area contributed by atoms with Gasteiger partial charge < -0.3 is 15.4 Å². The molecule has 0 saturated heterocycles. The van der Waals surface area contributed by atoms with Crippen LogP contribution < -0.4 is 10.6 Å². The average molecular weight is 552 g/mol. The third-order valence-electron chi connectivity index (χ3n) is 6.81. The number of hydrogen-bond acceptors (Lipinski definition) is 7. The summed E-state index contributed by atoms with van der Waals surface area (Å²) in [6.07, 6.45) is 13.4. The number of rotatable bonds is 10. The van der Waals surface area contributed by atoms with E-state index in [1.54, 1.807) is 0 Å². The topological polar surface area (TPSA) is 98.4 Å². The second kappa shape index (κ2) is 11.4. The van der Waals surface area contributed by atoms with Crippen LogP contribution in [0, 0.1) is 6.92 Å². The minimum absolute atomic E-state index is 0.00637. The normalized spacial score (nSPS) is 14.7. The molecule has 2 N–H and O–H groups in total. The van der Waals surface area contributed by atoms with Crippen LogP contribution in [0.25, 0.3) is 16.9 Å². The summed E-state index contributed by atoms with van der Waals surface area (Å²) >= 11 is 1.49. The number of nitrogens with one attached hydrogen (secondary N) is 2. The minimum atomic E-state index is -1.11. The van der Waals surface area contributed by atoms with E-state index in [0.717, 1.165) is 47.4 Å². The quantitative estimate of drug-likeness (QED) is 0.183. The number of imidazole rings is 1. The van der Waals surface area contributed by atoms with Crippen LogP contribution in [0.3, 0.4) is 0 Å². The van der Waals surface area contributed by atoms with Crippen molar-refractivity contribution in [1.82, 2.24) is 29.5 Å². The SMILES string of the molecule is Cc1cn2c(-c3cnn(COCC[Si](C)(C)C)c3)cnc2c(Nc2cc(C(=O)NC3CCCCC3)cs2)n1. The number of aromatic nitrogens is 5. The molecule has 1 fully saturated rings. The summed E-state index contributed by atoms with van der Waals surface area (Å²) in [6.45, 7) is 10.2. The Bertz CT molecular complexity index is 1400. The molecule has 5 rings (SSSR count). The van der Waals surface area contributed by atoms with Gasteiger partial charge >= 0.3 is 0 Å². The predicted molar refractivity (Wildman–Crippen MR) is 155 cm³/mol. The average Bonchev–Trinajstić information content (AvgIpc) is 3.62. The van der Waals surface area contributed by atoms with Gasteiger partial charge in [0.25, 0.3) is 5.91 Å². The number of anilines is 2. The standard InChI is InChI=1S/C27H37N7O2SSi/c1-19-15-34-23(21-13-29-33(16-21)18-36-10-11-38(2,3)4)14-28-26(34)25(30-19)32-24-12-20(17-37-24)27(35)31-22-8-6-5-7-9-22/h12-17,22H,5-11,18H2,1-4H3,(H,30,32)(H,31,35). The van der Waals surface area contributed by atoms with E-state index < -0.39 is 8.07 Å².